The fourth-order valence-electron chi connectivity index (χ4n) is 4.06. The van der Waals surface area contributed by atoms with Gasteiger partial charge in [0.1, 0.15) is 5.83 Å². The molecule has 3 N–H and O–H groups in total. The van der Waals surface area contributed by atoms with Crippen LogP contribution in [0, 0.1) is 0 Å². The molecule has 0 spiro atoms. The minimum atomic E-state index is -1.89. The number of rotatable bonds is 4. The summed E-state index contributed by atoms with van der Waals surface area (Å²) in [6.07, 6.45) is 3.94. The fraction of sp³-hybridized carbons (Fsp3) is 0.263. The zero-order valence-corrected chi connectivity index (χ0v) is 13.6. The van der Waals surface area contributed by atoms with Crippen molar-refractivity contribution in [1.29, 1.82) is 0 Å². The number of nitrogens with one attached hydrogen (secondary N) is 2. The molecule has 25 heavy (non-hydrogen) atoms. The number of aliphatic hydroxyl groups is 1. The third-order valence-electron chi connectivity index (χ3n) is 5.16. The minimum absolute atomic E-state index is 0.0352. The van der Waals surface area contributed by atoms with E-state index >= 15 is 0 Å². The average Bonchev–Trinajstić information content (AvgIpc) is 2.91. The Kier molecular flexibility index (Phi) is 3.24. The topological polar surface area (TPSA) is 78.4 Å². The third kappa shape index (κ3) is 1.80. The number of allylic oxidation sites excluding steroid dienone is 2. The molecule has 1 heterocycles. The SMILES string of the molecule is CCCC1(C2(O)c3ccc(-c4ccccc4)c2c3F)NC(=O)NC1=O. The number of imide groups is 1. The molecule has 1 saturated heterocycles. The molecule has 0 saturated carbocycles. The van der Waals surface area contributed by atoms with Crippen LogP contribution >= 0.6 is 0 Å². The van der Waals surface area contributed by atoms with Gasteiger partial charge in [0, 0.05) is 11.1 Å². The van der Waals surface area contributed by atoms with E-state index in [0.29, 0.717) is 12.0 Å². The van der Waals surface area contributed by atoms with Gasteiger partial charge in [0.15, 0.2) is 11.1 Å². The smallest absolute Gasteiger partial charge is 0.322 e. The van der Waals surface area contributed by atoms with Gasteiger partial charge in [-0.15, -0.1) is 0 Å². The standard InChI is InChI=1S/C19H17FN2O3/c1-2-10-18(16(23)21-17(24)22-18)19(25)13-9-8-12(14(19)15(13)20)11-6-4-3-5-7-11/h3-9,25H,2,10H2,1H3,(H2,21,22,23,24). The highest BCUT2D eigenvalue weighted by Gasteiger charge is 2.69. The molecule has 2 aliphatic carbocycles. The van der Waals surface area contributed by atoms with Crippen LogP contribution in [0.25, 0.3) is 5.57 Å². The molecule has 128 valence electrons. The van der Waals surface area contributed by atoms with Gasteiger partial charge in [0.25, 0.3) is 5.91 Å². The summed E-state index contributed by atoms with van der Waals surface area (Å²) in [4.78, 5) is 24.4. The van der Waals surface area contributed by atoms with Crippen molar-refractivity contribution in [3.8, 4) is 0 Å². The second-order valence-electron chi connectivity index (χ2n) is 6.49. The van der Waals surface area contributed by atoms with Crippen molar-refractivity contribution in [3.63, 3.8) is 0 Å². The molecule has 0 radical (unpaired) electrons. The van der Waals surface area contributed by atoms with Crippen LogP contribution in [0.3, 0.4) is 0 Å². The van der Waals surface area contributed by atoms with E-state index < -0.39 is 28.9 Å². The molecule has 4 rings (SSSR count). The second-order valence-corrected chi connectivity index (χ2v) is 6.49. The molecule has 3 aliphatic rings. The van der Waals surface area contributed by atoms with E-state index in [1.165, 1.54) is 6.08 Å². The van der Waals surface area contributed by atoms with Crippen LogP contribution in [-0.2, 0) is 4.79 Å². The van der Waals surface area contributed by atoms with Gasteiger partial charge in [-0.25, -0.2) is 9.18 Å². The van der Waals surface area contributed by atoms with Crippen molar-refractivity contribution in [2.45, 2.75) is 30.9 Å². The summed E-state index contributed by atoms with van der Waals surface area (Å²) in [6.45, 7) is 1.84. The lowest BCUT2D eigenvalue weighted by molar-refractivity contribution is -0.132. The van der Waals surface area contributed by atoms with Gasteiger partial charge in [-0.05, 0) is 17.6 Å². The molecule has 0 aromatic heterocycles. The Hall–Kier alpha value is -2.73. The van der Waals surface area contributed by atoms with Crippen LogP contribution < -0.4 is 10.6 Å². The van der Waals surface area contributed by atoms with E-state index in [1.807, 2.05) is 37.3 Å². The zero-order chi connectivity index (χ0) is 17.8. The summed E-state index contributed by atoms with van der Waals surface area (Å²) in [5.74, 6) is -1.17. The molecular weight excluding hydrogens is 323 g/mol. The predicted molar refractivity (Wildman–Crippen MR) is 89.9 cm³/mol. The van der Waals surface area contributed by atoms with Gasteiger partial charge in [-0.1, -0.05) is 55.8 Å². The molecule has 1 aromatic carbocycles. The summed E-state index contributed by atoms with van der Waals surface area (Å²) >= 11 is 0. The number of benzene rings is 1. The summed E-state index contributed by atoms with van der Waals surface area (Å²) in [5.41, 5.74) is -2.15. The predicted octanol–water partition coefficient (Wildman–Crippen LogP) is 2.36. The molecule has 1 fully saturated rings. The van der Waals surface area contributed by atoms with Gasteiger partial charge in [-0.2, -0.15) is 0 Å². The first-order valence-corrected chi connectivity index (χ1v) is 8.20. The van der Waals surface area contributed by atoms with E-state index in [1.54, 1.807) is 6.08 Å². The Bertz CT molecular complexity index is 887. The van der Waals surface area contributed by atoms with Crippen LogP contribution in [0.2, 0.25) is 0 Å². The lowest BCUT2D eigenvalue weighted by Gasteiger charge is -2.52. The first-order chi connectivity index (χ1) is 12.0. The lowest BCUT2D eigenvalue weighted by atomic mass is 9.56. The molecule has 3 amide bonds. The van der Waals surface area contributed by atoms with E-state index in [2.05, 4.69) is 10.6 Å². The number of hydrogen-bond acceptors (Lipinski definition) is 3. The molecule has 5 nitrogen and oxygen atoms in total. The Labute approximate surface area is 143 Å². The maximum Gasteiger partial charge on any atom is 0.322 e. The van der Waals surface area contributed by atoms with Crippen molar-refractivity contribution >= 4 is 17.5 Å². The van der Waals surface area contributed by atoms with Crippen LogP contribution in [0.1, 0.15) is 25.3 Å². The van der Waals surface area contributed by atoms with Crippen molar-refractivity contribution in [3.05, 3.63) is 65.0 Å². The third-order valence-corrected chi connectivity index (χ3v) is 5.16. The number of halogens is 1. The Morgan fingerprint density at radius 2 is 1.88 bits per heavy atom. The normalized spacial score (nSPS) is 30.4. The largest absolute Gasteiger partial charge is 0.377 e. The Morgan fingerprint density at radius 1 is 1.16 bits per heavy atom. The van der Waals surface area contributed by atoms with E-state index in [4.69, 9.17) is 0 Å². The van der Waals surface area contributed by atoms with Crippen LogP contribution in [-0.4, -0.2) is 28.2 Å². The van der Waals surface area contributed by atoms with Crippen LogP contribution in [0.5, 0.6) is 0 Å². The van der Waals surface area contributed by atoms with E-state index in [-0.39, 0.29) is 17.6 Å². The number of urea groups is 1. The van der Waals surface area contributed by atoms with Crippen molar-refractivity contribution < 1.29 is 19.1 Å². The molecule has 6 heteroatoms. The maximum absolute atomic E-state index is 14.7. The van der Waals surface area contributed by atoms with Gasteiger partial charge >= 0.3 is 6.03 Å². The fourth-order valence-corrected chi connectivity index (χ4v) is 4.06. The number of carbonyl (C=O) groups is 2. The Balaban J connectivity index is 1.87. The molecular formula is C19H17FN2O3. The molecule has 2 unspecified atom stereocenters. The van der Waals surface area contributed by atoms with Crippen molar-refractivity contribution in [2.75, 3.05) is 0 Å². The highest BCUT2D eigenvalue weighted by molar-refractivity contribution is 6.11. The summed E-state index contributed by atoms with van der Waals surface area (Å²) in [6, 6.07) is 8.42. The number of hydrogen-bond donors (Lipinski definition) is 3. The quantitative estimate of drug-likeness (QED) is 0.736. The van der Waals surface area contributed by atoms with E-state index in [0.717, 1.165) is 5.56 Å². The average molecular weight is 340 g/mol. The summed E-state index contributed by atoms with van der Waals surface area (Å²) in [7, 11) is 0. The maximum atomic E-state index is 14.7. The molecule has 2 bridgehead atoms. The summed E-state index contributed by atoms with van der Waals surface area (Å²) in [5, 5.41) is 16.2. The number of carbonyl (C=O) groups excluding carboxylic acids is 2. The summed E-state index contributed by atoms with van der Waals surface area (Å²) < 4.78 is 14.7. The van der Waals surface area contributed by atoms with Gasteiger partial charge in [-0.3, -0.25) is 10.1 Å². The molecule has 1 aliphatic heterocycles. The highest BCUT2D eigenvalue weighted by Crippen LogP contribution is 2.59. The monoisotopic (exact) mass is 340 g/mol. The van der Waals surface area contributed by atoms with E-state index in [9.17, 15) is 19.1 Å². The lowest BCUT2D eigenvalue weighted by Crippen LogP contribution is -2.70. The van der Waals surface area contributed by atoms with Crippen molar-refractivity contribution in [2.24, 2.45) is 0 Å². The first-order valence-electron chi connectivity index (χ1n) is 8.20. The van der Waals surface area contributed by atoms with Gasteiger partial charge in [0.2, 0.25) is 0 Å². The van der Waals surface area contributed by atoms with Crippen molar-refractivity contribution in [1.82, 2.24) is 10.6 Å². The zero-order valence-electron chi connectivity index (χ0n) is 13.6. The second kappa shape index (κ2) is 5.13. The van der Waals surface area contributed by atoms with Crippen LogP contribution in [0.4, 0.5) is 9.18 Å². The van der Waals surface area contributed by atoms with Crippen LogP contribution in [0.15, 0.2) is 59.5 Å². The van der Waals surface area contributed by atoms with Gasteiger partial charge in [0.05, 0.1) is 0 Å². The minimum Gasteiger partial charge on any atom is -0.377 e. The Morgan fingerprint density at radius 3 is 2.44 bits per heavy atom. The highest BCUT2D eigenvalue weighted by atomic mass is 19.1. The van der Waals surface area contributed by atoms with Gasteiger partial charge < -0.3 is 10.4 Å². The number of fused-ring (bicyclic) bond motifs is 2. The first kappa shape index (κ1) is 15.8. The molecule has 1 aromatic rings. The number of amides is 3. The molecule has 2 atom stereocenters.